The van der Waals surface area contributed by atoms with Crippen molar-refractivity contribution in [3.05, 3.63) is 81.3 Å². The maximum atomic E-state index is 14.6. The molecule has 0 saturated heterocycles. The molecule has 2 aromatic carbocycles. The highest BCUT2D eigenvalue weighted by Crippen LogP contribution is 2.45. The quantitative estimate of drug-likeness (QED) is 0.442. The number of methoxy groups -OCH3 is 1. The van der Waals surface area contributed by atoms with Crippen LogP contribution in [0.15, 0.2) is 59.2 Å². The number of non-ortho nitro benzene ring substituents is 1. The molecular formula is C21H19FN2O4. The Labute approximate surface area is 161 Å². The van der Waals surface area contributed by atoms with E-state index in [4.69, 9.17) is 4.74 Å². The molecule has 0 N–H and O–H groups in total. The Morgan fingerprint density at radius 2 is 1.89 bits per heavy atom. The fourth-order valence-corrected chi connectivity index (χ4v) is 3.69. The van der Waals surface area contributed by atoms with Crippen LogP contribution in [0.5, 0.6) is 0 Å². The van der Waals surface area contributed by atoms with Gasteiger partial charge < -0.3 is 4.74 Å². The van der Waals surface area contributed by atoms with E-state index in [0.29, 0.717) is 28.1 Å². The molecule has 0 fully saturated rings. The number of nitro benzene ring substituents is 1. The molecule has 7 heteroatoms. The first-order valence-corrected chi connectivity index (χ1v) is 8.68. The van der Waals surface area contributed by atoms with E-state index in [1.165, 1.54) is 25.3 Å². The Bertz CT molecular complexity index is 1010. The lowest BCUT2D eigenvalue weighted by atomic mass is 9.73. The average molecular weight is 382 g/mol. The van der Waals surface area contributed by atoms with Gasteiger partial charge in [0.25, 0.3) is 5.69 Å². The van der Waals surface area contributed by atoms with E-state index in [-0.39, 0.29) is 5.69 Å². The largest absolute Gasteiger partial charge is 0.468 e. The number of allylic oxidation sites excluding steroid dienone is 2. The van der Waals surface area contributed by atoms with Gasteiger partial charge in [0, 0.05) is 35.0 Å². The third-order valence-corrected chi connectivity index (χ3v) is 4.89. The summed E-state index contributed by atoms with van der Waals surface area (Å²) in [7, 11) is 1.27. The van der Waals surface area contributed by atoms with Crippen LogP contribution in [0, 0.1) is 21.8 Å². The van der Waals surface area contributed by atoms with Crippen LogP contribution in [0.2, 0.25) is 0 Å². The van der Waals surface area contributed by atoms with Crippen LogP contribution in [0.1, 0.15) is 30.9 Å². The number of nitro groups is 1. The topological polar surface area (TPSA) is 81.8 Å². The van der Waals surface area contributed by atoms with E-state index >= 15 is 0 Å². The molecule has 1 aliphatic heterocycles. The zero-order chi connectivity index (χ0) is 20.4. The minimum absolute atomic E-state index is 0.105. The molecule has 0 aromatic heterocycles. The lowest BCUT2D eigenvalue weighted by molar-refractivity contribution is -0.384. The Kier molecular flexibility index (Phi) is 5.35. The molecule has 2 unspecified atom stereocenters. The van der Waals surface area contributed by atoms with E-state index in [1.54, 1.807) is 44.2 Å². The summed E-state index contributed by atoms with van der Waals surface area (Å²) in [6, 6.07) is 12.2. The summed E-state index contributed by atoms with van der Waals surface area (Å²) in [6.07, 6.45) is 0. The molecule has 2 aromatic rings. The molecule has 0 saturated carbocycles. The molecule has 0 bridgehead atoms. The molecule has 28 heavy (non-hydrogen) atoms. The second-order valence-electron chi connectivity index (χ2n) is 6.56. The lowest BCUT2D eigenvalue weighted by Crippen LogP contribution is -2.33. The SMILES string of the molecule is COC(=O)C1C(C)=NC(C)=C(c2ccccc2F)C1c1cccc([N+](=O)[O-])c1. The van der Waals surface area contributed by atoms with Crippen molar-refractivity contribution in [2.24, 2.45) is 10.9 Å². The highest BCUT2D eigenvalue weighted by atomic mass is 19.1. The summed E-state index contributed by atoms with van der Waals surface area (Å²) in [6.45, 7) is 3.44. The zero-order valence-corrected chi connectivity index (χ0v) is 15.7. The number of hydrogen-bond donors (Lipinski definition) is 0. The molecule has 0 amide bonds. The van der Waals surface area contributed by atoms with Crippen LogP contribution in [-0.4, -0.2) is 23.7 Å². The molecule has 0 aliphatic carbocycles. The number of ether oxygens (including phenoxy) is 1. The third-order valence-electron chi connectivity index (χ3n) is 4.89. The molecule has 0 radical (unpaired) electrons. The van der Waals surface area contributed by atoms with E-state index in [0.717, 1.165) is 0 Å². The van der Waals surface area contributed by atoms with Gasteiger partial charge in [-0.15, -0.1) is 0 Å². The second kappa shape index (κ2) is 7.72. The highest BCUT2D eigenvalue weighted by molar-refractivity contribution is 6.06. The second-order valence-corrected chi connectivity index (χ2v) is 6.56. The molecule has 6 nitrogen and oxygen atoms in total. The van der Waals surface area contributed by atoms with Crippen molar-refractivity contribution in [3.63, 3.8) is 0 Å². The predicted octanol–water partition coefficient (Wildman–Crippen LogP) is 4.51. The van der Waals surface area contributed by atoms with Crippen LogP contribution < -0.4 is 0 Å². The fourth-order valence-electron chi connectivity index (χ4n) is 3.69. The number of carbonyl (C=O) groups is 1. The van der Waals surface area contributed by atoms with Gasteiger partial charge in [0.05, 0.1) is 12.0 Å². The predicted molar refractivity (Wildman–Crippen MR) is 103 cm³/mol. The number of carbonyl (C=O) groups excluding carboxylic acids is 1. The molecule has 2 atom stereocenters. The maximum Gasteiger partial charge on any atom is 0.315 e. The molecule has 0 spiro atoms. The van der Waals surface area contributed by atoms with Gasteiger partial charge in [0.2, 0.25) is 0 Å². The number of nitrogens with zero attached hydrogens (tertiary/aromatic N) is 2. The monoisotopic (exact) mass is 382 g/mol. The summed E-state index contributed by atoms with van der Waals surface area (Å²) in [5.74, 6) is -2.46. The molecular weight excluding hydrogens is 363 g/mol. The first-order chi connectivity index (χ1) is 13.3. The molecule has 3 rings (SSSR count). The van der Waals surface area contributed by atoms with Crippen molar-refractivity contribution < 1.29 is 18.8 Å². The van der Waals surface area contributed by atoms with Crippen molar-refractivity contribution in [2.45, 2.75) is 19.8 Å². The van der Waals surface area contributed by atoms with Gasteiger partial charge in [-0.1, -0.05) is 30.3 Å². The van der Waals surface area contributed by atoms with Crippen molar-refractivity contribution in [3.8, 4) is 0 Å². The summed E-state index contributed by atoms with van der Waals surface area (Å²) in [5.41, 5.74) is 2.31. The summed E-state index contributed by atoms with van der Waals surface area (Å²) in [5, 5.41) is 11.3. The van der Waals surface area contributed by atoms with Crippen LogP contribution >= 0.6 is 0 Å². The minimum Gasteiger partial charge on any atom is -0.468 e. The van der Waals surface area contributed by atoms with Gasteiger partial charge >= 0.3 is 5.97 Å². The number of hydrogen-bond acceptors (Lipinski definition) is 5. The Balaban J connectivity index is 2.29. The van der Waals surface area contributed by atoms with Gasteiger partial charge in [0.15, 0.2) is 0 Å². The summed E-state index contributed by atoms with van der Waals surface area (Å²) < 4.78 is 19.6. The zero-order valence-electron chi connectivity index (χ0n) is 15.7. The molecule has 1 heterocycles. The van der Waals surface area contributed by atoms with Crippen molar-refractivity contribution in [2.75, 3.05) is 7.11 Å². The van der Waals surface area contributed by atoms with Gasteiger partial charge in [-0.05, 0) is 31.1 Å². The number of rotatable bonds is 4. The maximum absolute atomic E-state index is 14.6. The Morgan fingerprint density at radius 3 is 2.54 bits per heavy atom. The number of halogens is 1. The van der Waals surface area contributed by atoms with Crippen molar-refractivity contribution >= 4 is 22.9 Å². The molecule has 144 valence electrons. The van der Waals surface area contributed by atoms with Gasteiger partial charge in [-0.2, -0.15) is 0 Å². The minimum atomic E-state index is -0.815. The number of esters is 1. The Morgan fingerprint density at radius 1 is 1.18 bits per heavy atom. The highest BCUT2D eigenvalue weighted by Gasteiger charge is 2.40. The first-order valence-electron chi connectivity index (χ1n) is 8.68. The van der Waals surface area contributed by atoms with Gasteiger partial charge in [-0.25, -0.2) is 4.39 Å². The first kappa shape index (κ1) is 19.4. The average Bonchev–Trinajstić information content (AvgIpc) is 2.68. The molecule has 1 aliphatic rings. The smallest absolute Gasteiger partial charge is 0.315 e. The third kappa shape index (κ3) is 3.43. The van der Waals surface area contributed by atoms with E-state index in [2.05, 4.69) is 4.99 Å². The van der Waals surface area contributed by atoms with E-state index < -0.39 is 28.5 Å². The number of benzene rings is 2. The fraction of sp³-hybridized carbons (Fsp3) is 0.238. The van der Waals surface area contributed by atoms with Crippen LogP contribution in [0.4, 0.5) is 10.1 Å². The lowest BCUT2D eigenvalue weighted by Gasteiger charge is -2.32. The van der Waals surface area contributed by atoms with Gasteiger partial charge in [-0.3, -0.25) is 19.9 Å². The van der Waals surface area contributed by atoms with E-state index in [9.17, 15) is 19.3 Å². The van der Waals surface area contributed by atoms with Gasteiger partial charge in [0.1, 0.15) is 11.7 Å². The van der Waals surface area contributed by atoms with Crippen LogP contribution in [0.3, 0.4) is 0 Å². The van der Waals surface area contributed by atoms with Crippen LogP contribution in [0.25, 0.3) is 5.57 Å². The van der Waals surface area contributed by atoms with E-state index in [1.807, 2.05) is 0 Å². The van der Waals surface area contributed by atoms with Crippen LogP contribution in [-0.2, 0) is 9.53 Å². The standard InChI is InChI=1S/C21H19FN2O4/c1-12-18(16-9-4-5-10-17(16)22)20(19(13(2)23-12)21(25)28-3)14-7-6-8-15(11-14)24(26)27/h4-11,19-20H,1-3H3. The summed E-state index contributed by atoms with van der Waals surface area (Å²) in [4.78, 5) is 27.8. The Hall–Kier alpha value is -3.35. The number of aliphatic imine (C=N–C) groups is 1. The van der Waals surface area contributed by atoms with Crippen molar-refractivity contribution in [1.29, 1.82) is 0 Å². The summed E-state index contributed by atoms with van der Waals surface area (Å²) >= 11 is 0. The van der Waals surface area contributed by atoms with Crippen molar-refractivity contribution in [1.82, 2.24) is 0 Å². The normalized spacial score (nSPS) is 19.2.